The molecule has 110 valence electrons. The Morgan fingerprint density at radius 3 is 2.67 bits per heavy atom. The third-order valence-electron chi connectivity index (χ3n) is 2.68. The van der Waals surface area contributed by atoms with E-state index in [0.717, 1.165) is 5.56 Å². The Kier molecular flexibility index (Phi) is 5.30. The number of carboxylic acids is 1. The highest BCUT2D eigenvalue weighted by molar-refractivity contribution is 7.13. The van der Waals surface area contributed by atoms with Crippen molar-refractivity contribution in [2.75, 3.05) is 5.32 Å². The van der Waals surface area contributed by atoms with Crippen molar-refractivity contribution in [3.8, 4) is 0 Å². The van der Waals surface area contributed by atoms with Crippen molar-refractivity contribution in [3.05, 3.63) is 45.9 Å². The number of nitrogens with zero attached hydrogens (tertiary/aromatic N) is 1. The molecule has 0 atom stereocenters. The van der Waals surface area contributed by atoms with Crippen molar-refractivity contribution in [3.63, 3.8) is 0 Å². The number of carbonyl (C=O) groups excluding carboxylic acids is 1. The van der Waals surface area contributed by atoms with Crippen LogP contribution in [-0.2, 0) is 22.4 Å². The molecule has 0 fully saturated rings. The predicted octanol–water partition coefficient (Wildman–Crippen LogP) is 2.99. The molecule has 1 heterocycles. The van der Waals surface area contributed by atoms with E-state index in [4.69, 9.17) is 16.7 Å². The van der Waals surface area contributed by atoms with Gasteiger partial charge in [0.1, 0.15) is 0 Å². The van der Waals surface area contributed by atoms with Gasteiger partial charge in [0.2, 0.25) is 5.91 Å². The van der Waals surface area contributed by atoms with Gasteiger partial charge in [-0.1, -0.05) is 23.7 Å². The van der Waals surface area contributed by atoms with Gasteiger partial charge in [0.05, 0.1) is 12.1 Å². The first kappa shape index (κ1) is 15.5. The van der Waals surface area contributed by atoms with Crippen molar-refractivity contribution >= 4 is 39.9 Å². The first-order valence-electron chi connectivity index (χ1n) is 6.23. The average Bonchev–Trinajstić information content (AvgIpc) is 2.84. The van der Waals surface area contributed by atoms with E-state index >= 15 is 0 Å². The molecule has 0 radical (unpaired) electrons. The van der Waals surface area contributed by atoms with E-state index in [1.807, 2.05) is 12.1 Å². The van der Waals surface area contributed by atoms with Crippen LogP contribution in [0.1, 0.15) is 17.7 Å². The Morgan fingerprint density at radius 2 is 2.00 bits per heavy atom. The summed E-state index contributed by atoms with van der Waals surface area (Å²) in [7, 11) is 0. The summed E-state index contributed by atoms with van der Waals surface area (Å²) in [4.78, 5) is 26.4. The molecule has 1 aromatic heterocycles. The van der Waals surface area contributed by atoms with Gasteiger partial charge in [0, 0.05) is 16.8 Å². The summed E-state index contributed by atoms with van der Waals surface area (Å²) in [6.45, 7) is 0. The summed E-state index contributed by atoms with van der Waals surface area (Å²) in [5.74, 6) is -1.10. The van der Waals surface area contributed by atoms with E-state index in [9.17, 15) is 9.59 Å². The third-order valence-corrected chi connectivity index (χ3v) is 3.74. The molecule has 2 N–H and O–H groups in total. The van der Waals surface area contributed by atoms with Crippen LogP contribution >= 0.6 is 22.9 Å². The number of thiazole rings is 1. The summed E-state index contributed by atoms with van der Waals surface area (Å²) < 4.78 is 0. The molecule has 0 spiro atoms. The SMILES string of the molecule is O=C(O)Cc1csc(NC(=O)CCc2ccc(Cl)cc2)n1. The number of rotatable bonds is 6. The maximum absolute atomic E-state index is 11.8. The Balaban J connectivity index is 1.82. The van der Waals surface area contributed by atoms with E-state index in [2.05, 4.69) is 10.3 Å². The molecule has 0 saturated heterocycles. The number of carbonyl (C=O) groups is 2. The van der Waals surface area contributed by atoms with Gasteiger partial charge in [-0.05, 0) is 24.1 Å². The highest BCUT2D eigenvalue weighted by Gasteiger charge is 2.09. The van der Waals surface area contributed by atoms with E-state index in [0.29, 0.717) is 28.7 Å². The van der Waals surface area contributed by atoms with Gasteiger partial charge in [-0.15, -0.1) is 11.3 Å². The zero-order chi connectivity index (χ0) is 15.2. The molecule has 21 heavy (non-hydrogen) atoms. The quantitative estimate of drug-likeness (QED) is 0.856. The number of carboxylic acid groups (broad SMARTS) is 1. The largest absolute Gasteiger partial charge is 0.481 e. The fourth-order valence-corrected chi connectivity index (χ4v) is 2.54. The smallest absolute Gasteiger partial charge is 0.309 e. The maximum Gasteiger partial charge on any atom is 0.309 e. The number of halogens is 1. The summed E-state index contributed by atoms with van der Waals surface area (Å²) in [6.07, 6.45) is 0.795. The van der Waals surface area contributed by atoms with Crippen molar-refractivity contribution in [2.45, 2.75) is 19.3 Å². The molecular formula is C14H13ClN2O3S. The molecule has 0 aliphatic heterocycles. The van der Waals surface area contributed by atoms with Crippen LogP contribution in [0.25, 0.3) is 0 Å². The van der Waals surface area contributed by atoms with Crippen molar-refractivity contribution in [2.24, 2.45) is 0 Å². The zero-order valence-electron chi connectivity index (χ0n) is 11.0. The summed E-state index contributed by atoms with van der Waals surface area (Å²) >= 11 is 7.01. The number of nitrogens with one attached hydrogen (secondary N) is 1. The summed E-state index contributed by atoms with van der Waals surface area (Å²) in [6, 6.07) is 7.33. The topological polar surface area (TPSA) is 79.3 Å². The van der Waals surface area contributed by atoms with Gasteiger partial charge < -0.3 is 10.4 Å². The van der Waals surface area contributed by atoms with Gasteiger partial charge in [0.25, 0.3) is 0 Å². The molecule has 0 bridgehead atoms. The Hall–Kier alpha value is -1.92. The van der Waals surface area contributed by atoms with Gasteiger partial charge in [-0.3, -0.25) is 9.59 Å². The zero-order valence-corrected chi connectivity index (χ0v) is 12.6. The fourth-order valence-electron chi connectivity index (χ4n) is 1.69. The number of benzene rings is 1. The fraction of sp³-hybridized carbons (Fsp3) is 0.214. The second kappa shape index (κ2) is 7.19. The predicted molar refractivity (Wildman–Crippen MR) is 81.9 cm³/mol. The molecule has 5 nitrogen and oxygen atoms in total. The van der Waals surface area contributed by atoms with Crippen molar-refractivity contribution < 1.29 is 14.7 Å². The van der Waals surface area contributed by atoms with Gasteiger partial charge >= 0.3 is 5.97 Å². The van der Waals surface area contributed by atoms with Gasteiger partial charge in [-0.25, -0.2) is 4.98 Å². The van der Waals surface area contributed by atoms with Crippen LogP contribution in [0.3, 0.4) is 0 Å². The van der Waals surface area contributed by atoms with Crippen LogP contribution in [0, 0.1) is 0 Å². The monoisotopic (exact) mass is 324 g/mol. The number of aryl methyl sites for hydroxylation is 1. The number of hydrogen-bond donors (Lipinski definition) is 2. The van der Waals surface area contributed by atoms with E-state index < -0.39 is 5.97 Å². The number of aromatic nitrogens is 1. The highest BCUT2D eigenvalue weighted by Crippen LogP contribution is 2.16. The van der Waals surface area contributed by atoms with Crippen LogP contribution in [0.15, 0.2) is 29.6 Å². The number of anilines is 1. The minimum absolute atomic E-state index is 0.142. The van der Waals surface area contributed by atoms with Crippen LogP contribution in [-0.4, -0.2) is 22.0 Å². The Morgan fingerprint density at radius 1 is 1.29 bits per heavy atom. The number of aliphatic carboxylic acids is 1. The lowest BCUT2D eigenvalue weighted by molar-refractivity contribution is -0.136. The van der Waals surface area contributed by atoms with Crippen LogP contribution < -0.4 is 5.32 Å². The number of hydrogen-bond acceptors (Lipinski definition) is 4. The number of amides is 1. The van der Waals surface area contributed by atoms with E-state index in [1.165, 1.54) is 11.3 Å². The molecule has 0 aliphatic rings. The average molecular weight is 325 g/mol. The van der Waals surface area contributed by atoms with Gasteiger partial charge in [-0.2, -0.15) is 0 Å². The van der Waals surface area contributed by atoms with Gasteiger partial charge in [0.15, 0.2) is 5.13 Å². The molecule has 1 amide bonds. The van der Waals surface area contributed by atoms with E-state index in [1.54, 1.807) is 17.5 Å². The highest BCUT2D eigenvalue weighted by atomic mass is 35.5. The molecule has 1 aromatic carbocycles. The van der Waals surface area contributed by atoms with Crippen LogP contribution in [0.5, 0.6) is 0 Å². The molecule has 2 rings (SSSR count). The Bertz CT molecular complexity index is 640. The standard InChI is InChI=1S/C14H13ClN2O3S/c15-10-4-1-9(2-5-10)3-6-12(18)17-14-16-11(8-21-14)7-13(19)20/h1-2,4-5,8H,3,6-7H2,(H,19,20)(H,16,17,18). The molecule has 7 heteroatoms. The lowest BCUT2D eigenvalue weighted by atomic mass is 10.1. The maximum atomic E-state index is 11.8. The lowest BCUT2D eigenvalue weighted by Crippen LogP contribution is -2.12. The van der Waals surface area contributed by atoms with E-state index in [-0.39, 0.29) is 12.3 Å². The molecule has 0 aliphatic carbocycles. The normalized spacial score (nSPS) is 10.3. The second-order valence-electron chi connectivity index (χ2n) is 4.39. The summed E-state index contributed by atoms with van der Waals surface area (Å²) in [5.41, 5.74) is 1.47. The summed E-state index contributed by atoms with van der Waals surface area (Å²) in [5, 5.41) is 14.0. The van der Waals surface area contributed by atoms with Crippen LogP contribution in [0.2, 0.25) is 5.02 Å². The second-order valence-corrected chi connectivity index (χ2v) is 5.68. The first-order chi connectivity index (χ1) is 10.0. The van der Waals surface area contributed by atoms with Crippen LogP contribution in [0.4, 0.5) is 5.13 Å². The lowest BCUT2D eigenvalue weighted by Gasteiger charge is -2.02. The Labute approximate surface area is 130 Å². The minimum atomic E-state index is -0.944. The van der Waals surface area contributed by atoms with Crippen molar-refractivity contribution in [1.29, 1.82) is 0 Å². The first-order valence-corrected chi connectivity index (χ1v) is 7.49. The molecule has 0 unspecified atom stereocenters. The molecular weight excluding hydrogens is 312 g/mol. The van der Waals surface area contributed by atoms with Crippen molar-refractivity contribution in [1.82, 2.24) is 4.98 Å². The third kappa shape index (κ3) is 5.17. The molecule has 2 aromatic rings. The minimum Gasteiger partial charge on any atom is -0.481 e. The molecule has 0 saturated carbocycles.